The lowest BCUT2D eigenvalue weighted by Gasteiger charge is -2.11. The van der Waals surface area contributed by atoms with Gasteiger partial charge >= 0.3 is 0 Å². The van der Waals surface area contributed by atoms with E-state index in [0.717, 1.165) is 5.56 Å². The van der Waals surface area contributed by atoms with Gasteiger partial charge in [-0.3, -0.25) is 5.10 Å². The fourth-order valence-corrected chi connectivity index (χ4v) is 2.66. The summed E-state index contributed by atoms with van der Waals surface area (Å²) in [6.07, 6.45) is 1.56. The Bertz CT molecular complexity index is 766. The van der Waals surface area contributed by atoms with Gasteiger partial charge in [0.05, 0.1) is 10.7 Å². The lowest BCUT2D eigenvalue weighted by Crippen LogP contribution is -1.99. The molecule has 0 unspecified atom stereocenters. The minimum atomic E-state index is -0.457. The summed E-state index contributed by atoms with van der Waals surface area (Å²) >= 11 is 3.35. The number of ether oxygens (including phenoxy) is 1. The van der Waals surface area contributed by atoms with Gasteiger partial charge in [0.25, 0.3) is 0 Å². The standard InChI is InChI=1S/C16H13BrFN3O/c17-13-6-11(12-8-20-21-16(12)19)7-14(18)15(13)22-9-10-4-2-1-3-5-10/h1-8H,9H2,(H3,19,20,21). The van der Waals surface area contributed by atoms with Gasteiger partial charge in [0.1, 0.15) is 12.4 Å². The van der Waals surface area contributed by atoms with Crippen LogP contribution in [-0.4, -0.2) is 10.2 Å². The number of nitrogens with one attached hydrogen (secondary N) is 1. The molecule has 6 heteroatoms. The van der Waals surface area contributed by atoms with Crippen molar-refractivity contribution in [2.24, 2.45) is 0 Å². The predicted molar refractivity (Wildman–Crippen MR) is 86.9 cm³/mol. The van der Waals surface area contributed by atoms with Crippen LogP contribution >= 0.6 is 15.9 Å². The molecule has 3 N–H and O–H groups in total. The van der Waals surface area contributed by atoms with Gasteiger partial charge in [-0.15, -0.1) is 0 Å². The number of rotatable bonds is 4. The number of nitrogen functional groups attached to an aromatic ring is 1. The number of hydrogen-bond donors (Lipinski definition) is 2. The summed E-state index contributed by atoms with van der Waals surface area (Å²) in [5.41, 5.74) is 8.00. The third kappa shape index (κ3) is 2.96. The Balaban J connectivity index is 1.86. The molecule has 4 nitrogen and oxygen atoms in total. The third-order valence-corrected chi connectivity index (χ3v) is 3.79. The first kappa shape index (κ1) is 14.6. The number of benzene rings is 2. The Kier molecular flexibility index (Phi) is 4.11. The smallest absolute Gasteiger partial charge is 0.169 e. The molecule has 0 spiro atoms. The van der Waals surface area contributed by atoms with Gasteiger partial charge < -0.3 is 10.5 Å². The zero-order chi connectivity index (χ0) is 15.5. The second kappa shape index (κ2) is 6.19. The minimum absolute atomic E-state index is 0.176. The van der Waals surface area contributed by atoms with Crippen LogP contribution in [0.15, 0.2) is 53.1 Å². The molecule has 2 aromatic carbocycles. The molecule has 0 saturated carbocycles. The number of aromatic amines is 1. The largest absolute Gasteiger partial charge is 0.485 e. The van der Waals surface area contributed by atoms with Crippen molar-refractivity contribution in [1.82, 2.24) is 10.2 Å². The molecule has 0 saturated heterocycles. The van der Waals surface area contributed by atoms with E-state index in [1.54, 1.807) is 12.3 Å². The molecule has 1 aromatic heterocycles. The summed E-state index contributed by atoms with van der Waals surface area (Å²) in [5.74, 6) is 0.111. The van der Waals surface area contributed by atoms with Crippen LogP contribution in [0.1, 0.15) is 5.56 Å². The van der Waals surface area contributed by atoms with Crippen LogP contribution in [0.5, 0.6) is 5.75 Å². The van der Waals surface area contributed by atoms with Crippen LogP contribution < -0.4 is 10.5 Å². The first-order chi connectivity index (χ1) is 10.6. The maximum absolute atomic E-state index is 14.3. The summed E-state index contributed by atoms with van der Waals surface area (Å²) < 4.78 is 20.4. The van der Waals surface area contributed by atoms with Crippen LogP contribution in [0.25, 0.3) is 11.1 Å². The molecule has 0 bridgehead atoms. The number of anilines is 1. The average Bonchev–Trinajstić information content (AvgIpc) is 2.93. The van der Waals surface area contributed by atoms with Crippen molar-refractivity contribution in [1.29, 1.82) is 0 Å². The fraction of sp³-hybridized carbons (Fsp3) is 0.0625. The molecule has 0 atom stereocenters. The van der Waals surface area contributed by atoms with Crippen LogP contribution in [0.4, 0.5) is 10.2 Å². The van der Waals surface area contributed by atoms with Gasteiger partial charge in [0.15, 0.2) is 11.6 Å². The topological polar surface area (TPSA) is 63.9 Å². The number of halogens is 2. The minimum Gasteiger partial charge on any atom is -0.485 e. The quantitative estimate of drug-likeness (QED) is 0.733. The molecule has 22 heavy (non-hydrogen) atoms. The molecule has 3 rings (SSSR count). The van der Waals surface area contributed by atoms with E-state index in [1.165, 1.54) is 6.07 Å². The lowest BCUT2D eigenvalue weighted by molar-refractivity contribution is 0.288. The van der Waals surface area contributed by atoms with E-state index >= 15 is 0 Å². The van der Waals surface area contributed by atoms with E-state index in [9.17, 15) is 4.39 Å². The van der Waals surface area contributed by atoms with Gasteiger partial charge in [-0.05, 0) is 39.2 Å². The van der Waals surface area contributed by atoms with Crippen LogP contribution in [-0.2, 0) is 6.61 Å². The highest BCUT2D eigenvalue weighted by molar-refractivity contribution is 9.10. The van der Waals surface area contributed by atoms with Gasteiger partial charge in [-0.2, -0.15) is 5.10 Å². The highest BCUT2D eigenvalue weighted by atomic mass is 79.9. The molecule has 0 aliphatic rings. The number of nitrogens with zero attached hydrogens (tertiary/aromatic N) is 1. The molecular weight excluding hydrogens is 349 g/mol. The fourth-order valence-electron chi connectivity index (χ4n) is 2.11. The van der Waals surface area contributed by atoms with Crippen LogP contribution in [0.3, 0.4) is 0 Å². The van der Waals surface area contributed by atoms with Crippen molar-refractivity contribution in [3.8, 4) is 16.9 Å². The van der Waals surface area contributed by atoms with E-state index < -0.39 is 5.82 Å². The summed E-state index contributed by atoms with van der Waals surface area (Å²) in [4.78, 5) is 0. The Morgan fingerprint density at radius 3 is 2.64 bits per heavy atom. The zero-order valence-corrected chi connectivity index (χ0v) is 13.1. The van der Waals surface area contributed by atoms with E-state index in [-0.39, 0.29) is 5.75 Å². The number of hydrogen-bond acceptors (Lipinski definition) is 3. The average molecular weight is 362 g/mol. The Morgan fingerprint density at radius 1 is 1.23 bits per heavy atom. The molecule has 0 fully saturated rings. The maximum atomic E-state index is 14.3. The number of nitrogens with two attached hydrogens (primary N) is 1. The van der Waals surface area contributed by atoms with E-state index in [4.69, 9.17) is 10.5 Å². The molecule has 112 valence electrons. The van der Waals surface area contributed by atoms with Gasteiger partial charge in [0.2, 0.25) is 0 Å². The van der Waals surface area contributed by atoms with E-state index in [1.807, 2.05) is 30.3 Å². The summed E-state index contributed by atoms with van der Waals surface area (Å²) in [5, 5.41) is 6.46. The van der Waals surface area contributed by atoms with Gasteiger partial charge in [0, 0.05) is 5.56 Å². The predicted octanol–water partition coefficient (Wildman–Crippen LogP) is 4.14. The second-order valence-electron chi connectivity index (χ2n) is 4.74. The van der Waals surface area contributed by atoms with Crippen molar-refractivity contribution >= 4 is 21.7 Å². The first-order valence-electron chi connectivity index (χ1n) is 6.60. The molecule has 3 aromatic rings. The van der Waals surface area contributed by atoms with Crippen molar-refractivity contribution in [2.75, 3.05) is 5.73 Å². The van der Waals surface area contributed by atoms with E-state index in [0.29, 0.717) is 28.0 Å². The molecule has 0 aliphatic heterocycles. The van der Waals surface area contributed by atoms with Crippen molar-refractivity contribution < 1.29 is 9.13 Å². The van der Waals surface area contributed by atoms with Crippen molar-refractivity contribution in [3.63, 3.8) is 0 Å². The monoisotopic (exact) mass is 361 g/mol. The third-order valence-electron chi connectivity index (χ3n) is 3.20. The Labute approximate surface area is 135 Å². The number of aromatic nitrogens is 2. The van der Waals surface area contributed by atoms with Crippen molar-refractivity contribution in [3.05, 3.63) is 64.5 Å². The maximum Gasteiger partial charge on any atom is 0.169 e. The normalized spacial score (nSPS) is 10.6. The van der Waals surface area contributed by atoms with E-state index in [2.05, 4.69) is 26.1 Å². The van der Waals surface area contributed by atoms with Gasteiger partial charge in [-0.25, -0.2) is 4.39 Å². The highest BCUT2D eigenvalue weighted by Crippen LogP contribution is 2.35. The number of H-pyrrole nitrogens is 1. The molecule has 0 radical (unpaired) electrons. The molecular formula is C16H13BrFN3O. The highest BCUT2D eigenvalue weighted by Gasteiger charge is 2.14. The Morgan fingerprint density at radius 2 is 2.00 bits per heavy atom. The molecule has 0 amide bonds. The lowest BCUT2D eigenvalue weighted by atomic mass is 10.1. The van der Waals surface area contributed by atoms with Crippen LogP contribution in [0, 0.1) is 5.82 Å². The summed E-state index contributed by atoms with van der Waals surface area (Å²) in [6.45, 7) is 0.295. The summed E-state index contributed by atoms with van der Waals surface area (Å²) in [6, 6.07) is 12.7. The second-order valence-corrected chi connectivity index (χ2v) is 5.59. The SMILES string of the molecule is Nc1[nH]ncc1-c1cc(F)c(OCc2ccccc2)c(Br)c1. The van der Waals surface area contributed by atoms with Crippen molar-refractivity contribution in [2.45, 2.75) is 6.61 Å². The van der Waals surface area contributed by atoms with Crippen LogP contribution in [0.2, 0.25) is 0 Å². The molecule has 1 heterocycles. The van der Waals surface area contributed by atoms with Gasteiger partial charge in [-0.1, -0.05) is 30.3 Å². The first-order valence-corrected chi connectivity index (χ1v) is 7.39. The molecule has 0 aliphatic carbocycles. The zero-order valence-electron chi connectivity index (χ0n) is 11.5. The summed E-state index contributed by atoms with van der Waals surface area (Å²) in [7, 11) is 0. The Hall–Kier alpha value is -2.34.